The van der Waals surface area contributed by atoms with E-state index in [4.69, 9.17) is 0 Å². The van der Waals surface area contributed by atoms with Crippen molar-refractivity contribution in [1.29, 1.82) is 0 Å². The Hall–Kier alpha value is -3.72. The summed E-state index contributed by atoms with van der Waals surface area (Å²) < 4.78 is 1.65. The van der Waals surface area contributed by atoms with Gasteiger partial charge in [-0.05, 0) is 44.2 Å². The lowest BCUT2D eigenvalue weighted by Crippen LogP contribution is -2.19. The van der Waals surface area contributed by atoms with Crippen LogP contribution < -0.4 is 10.6 Å². The molecule has 0 atom stereocenters. The van der Waals surface area contributed by atoms with Gasteiger partial charge in [-0.25, -0.2) is 9.50 Å². The van der Waals surface area contributed by atoms with Gasteiger partial charge in [-0.2, -0.15) is 4.98 Å². The third-order valence-corrected chi connectivity index (χ3v) is 5.25. The largest absolute Gasteiger partial charge is 0.325 e. The maximum atomic E-state index is 12.7. The molecule has 4 rings (SSSR count). The molecule has 0 aliphatic carbocycles. The Bertz CT molecular complexity index is 1260. The molecule has 0 aliphatic heterocycles. The number of carbonyl (C=O) groups is 2. The number of hydrogen-bond donors (Lipinski definition) is 2. The first-order valence-corrected chi connectivity index (χ1v) is 10.6. The molecule has 0 fully saturated rings. The molecule has 9 heteroatoms. The zero-order chi connectivity index (χ0) is 21.8. The average Bonchev–Trinajstić information content (AvgIpc) is 3.17. The number of aromatic nitrogens is 4. The number of thioether (sulfide) groups is 1. The van der Waals surface area contributed by atoms with E-state index >= 15 is 0 Å². The Morgan fingerprint density at radius 2 is 1.71 bits per heavy atom. The Balaban J connectivity index is 1.42. The summed E-state index contributed by atoms with van der Waals surface area (Å²) in [5, 5.41) is 10.5. The second-order valence-corrected chi connectivity index (χ2v) is 7.79. The molecule has 0 saturated carbocycles. The summed E-state index contributed by atoms with van der Waals surface area (Å²) in [5.74, 6) is 0.0468. The van der Waals surface area contributed by atoms with Crippen LogP contribution in [0.15, 0.2) is 65.8 Å². The van der Waals surface area contributed by atoms with Crippen LogP contribution >= 0.6 is 11.8 Å². The molecular formula is C22H20N6O2S. The molecule has 2 aromatic heterocycles. The van der Waals surface area contributed by atoms with Gasteiger partial charge in [0.1, 0.15) is 0 Å². The second-order valence-electron chi connectivity index (χ2n) is 6.85. The fourth-order valence-corrected chi connectivity index (χ4v) is 3.65. The standard InChI is InChI=1S/C22H20N6O2S/c1-14-12-15(2)28-21(23-14)26-22(27-28)31-13-19(29)25-18-11-7-6-10-17(18)20(30)24-16-8-4-3-5-9-16/h3-12H,13H2,1-2H3,(H,24,30)(H,25,29). The number of para-hydroxylation sites is 2. The fourth-order valence-electron chi connectivity index (χ4n) is 3.04. The Morgan fingerprint density at radius 1 is 0.968 bits per heavy atom. The molecule has 2 aromatic carbocycles. The number of nitrogens with zero attached hydrogens (tertiary/aromatic N) is 4. The maximum Gasteiger partial charge on any atom is 0.257 e. The van der Waals surface area contributed by atoms with E-state index in [0.29, 0.717) is 27.9 Å². The Morgan fingerprint density at radius 3 is 2.52 bits per heavy atom. The van der Waals surface area contributed by atoms with Crippen LogP contribution in [0.4, 0.5) is 11.4 Å². The molecule has 0 aliphatic rings. The van der Waals surface area contributed by atoms with Crippen molar-refractivity contribution >= 4 is 40.7 Å². The lowest BCUT2D eigenvalue weighted by Gasteiger charge is -2.11. The third kappa shape index (κ3) is 4.89. The maximum absolute atomic E-state index is 12.7. The summed E-state index contributed by atoms with van der Waals surface area (Å²) in [6.07, 6.45) is 0. The molecule has 0 unspecified atom stereocenters. The molecule has 0 radical (unpaired) electrons. The molecule has 2 amide bonds. The van der Waals surface area contributed by atoms with Gasteiger partial charge in [-0.15, -0.1) is 5.10 Å². The van der Waals surface area contributed by atoms with Crippen LogP contribution in [0.3, 0.4) is 0 Å². The van der Waals surface area contributed by atoms with Crippen LogP contribution in [0, 0.1) is 13.8 Å². The van der Waals surface area contributed by atoms with Gasteiger partial charge in [0.2, 0.25) is 11.1 Å². The molecule has 0 saturated heterocycles. The van der Waals surface area contributed by atoms with Crippen molar-refractivity contribution in [3.05, 3.63) is 77.6 Å². The number of fused-ring (bicyclic) bond motifs is 1. The van der Waals surface area contributed by atoms with Crippen molar-refractivity contribution in [2.75, 3.05) is 16.4 Å². The first kappa shape index (κ1) is 20.5. The second kappa shape index (κ2) is 8.97. The summed E-state index contributed by atoms with van der Waals surface area (Å²) in [6.45, 7) is 3.82. The molecule has 0 bridgehead atoms. The highest BCUT2D eigenvalue weighted by Crippen LogP contribution is 2.19. The summed E-state index contributed by atoms with van der Waals surface area (Å²) in [6, 6.07) is 18.0. The number of hydrogen-bond acceptors (Lipinski definition) is 6. The predicted octanol–water partition coefficient (Wildman–Crippen LogP) is 3.72. The monoisotopic (exact) mass is 432 g/mol. The van der Waals surface area contributed by atoms with Crippen molar-refractivity contribution in [3.8, 4) is 0 Å². The molecule has 156 valence electrons. The highest BCUT2D eigenvalue weighted by atomic mass is 32.2. The van der Waals surface area contributed by atoms with Gasteiger partial charge in [-0.3, -0.25) is 9.59 Å². The molecule has 4 aromatic rings. The molecule has 31 heavy (non-hydrogen) atoms. The first-order chi connectivity index (χ1) is 15.0. The van der Waals surface area contributed by atoms with Gasteiger partial charge in [0.05, 0.1) is 17.0 Å². The summed E-state index contributed by atoms with van der Waals surface area (Å²) in [4.78, 5) is 33.9. The number of nitrogens with one attached hydrogen (secondary N) is 2. The van der Waals surface area contributed by atoms with Gasteiger partial charge in [0, 0.05) is 17.1 Å². The fraction of sp³-hybridized carbons (Fsp3) is 0.136. The van der Waals surface area contributed by atoms with Crippen molar-refractivity contribution in [3.63, 3.8) is 0 Å². The minimum Gasteiger partial charge on any atom is -0.325 e. The molecular weight excluding hydrogens is 412 g/mol. The summed E-state index contributed by atoms with van der Waals surface area (Å²) >= 11 is 1.21. The SMILES string of the molecule is Cc1cc(C)n2nc(SCC(=O)Nc3ccccc3C(=O)Nc3ccccc3)nc2n1. The zero-order valence-electron chi connectivity index (χ0n) is 17.0. The van der Waals surface area contributed by atoms with Crippen LogP contribution in [0.5, 0.6) is 0 Å². The van der Waals surface area contributed by atoms with E-state index in [0.717, 1.165) is 11.4 Å². The average molecular weight is 433 g/mol. The van der Waals surface area contributed by atoms with E-state index in [2.05, 4.69) is 25.7 Å². The van der Waals surface area contributed by atoms with Gasteiger partial charge in [0.15, 0.2) is 0 Å². The number of amides is 2. The van der Waals surface area contributed by atoms with E-state index in [-0.39, 0.29) is 17.6 Å². The lowest BCUT2D eigenvalue weighted by atomic mass is 10.1. The number of carbonyl (C=O) groups excluding carboxylic acids is 2. The van der Waals surface area contributed by atoms with Crippen molar-refractivity contribution in [2.24, 2.45) is 0 Å². The van der Waals surface area contributed by atoms with Crippen LogP contribution in [0.1, 0.15) is 21.7 Å². The Kier molecular flexibility index (Phi) is 5.94. The minimum atomic E-state index is -0.298. The Labute approximate surface area is 183 Å². The molecule has 2 N–H and O–H groups in total. The zero-order valence-corrected chi connectivity index (χ0v) is 17.8. The minimum absolute atomic E-state index is 0.101. The van der Waals surface area contributed by atoms with E-state index in [1.807, 2.05) is 38.1 Å². The van der Waals surface area contributed by atoms with Crippen LogP contribution in [-0.2, 0) is 4.79 Å². The topological polar surface area (TPSA) is 101 Å². The summed E-state index contributed by atoms with van der Waals surface area (Å²) in [7, 11) is 0. The molecule has 8 nitrogen and oxygen atoms in total. The third-order valence-electron chi connectivity index (χ3n) is 4.41. The van der Waals surface area contributed by atoms with Crippen molar-refractivity contribution in [2.45, 2.75) is 19.0 Å². The van der Waals surface area contributed by atoms with E-state index < -0.39 is 0 Å². The predicted molar refractivity (Wildman–Crippen MR) is 120 cm³/mol. The molecule has 2 heterocycles. The van der Waals surface area contributed by atoms with Gasteiger partial charge in [-0.1, -0.05) is 42.1 Å². The van der Waals surface area contributed by atoms with Gasteiger partial charge < -0.3 is 10.6 Å². The molecule has 0 spiro atoms. The number of benzene rings is 2. The first-order valence-electron chi connectivity index (χ1n) is 9.59. The van der Waals surface area contributed by atoms with Gasteiger partial charge >= 0.3 is 0 Å². The van der Waals surface area contributed by atoms with E-state index in [1.165, 1.54) is 11.8 Å². The number of aryl methyl sites for hydroxylation is 2. The quantitative estimate of drug-likeness (QED) is 0.450. The van der Waals surface area contributed by atoms with Crippen LogP contribution in [0.2, 0.25) is 0 Å². The highest BCUT2D eigenvalue weighted by molar-refractivity contribution is 7.99. The smallest absolute Gasteiger partial charge is 0.257 e. The van der Waals surface area contributed by atoms with E-state index in [1.54, 1.807) is 40.9 Å². The number of anilines is 2. The van der Waals surface area contributed by atoms with Crippen molar-refractivity contribution in [1.82, 2.24) is 19.6 Å². The summed E-state index contributed by atoms with van der Waals surface area (Å²) in [5.41, 5.74) is 3.28. The van der Waals surface area contributed by atoms with Crippen molar-refractivity contribution < 1.29 is 9.59 Å². The normalized spacial score (nSPS) is 10.8. The van der Waals surface area contributed by atoms with Crippen LogP contribution in [0.25, 0.3) is 5.78 Å². The highest BCUT2D eigenvalue weighted by Gasteiger charge is 2.15. The number of rotatable bonds is 6. The van der Waals surface area contributed by atoms with Gasteiger partial charge in [0.25, 0.3) is 11.7 Å². The van der Waals surface area contributed by atoms with Crippen LogP contribution in [-0.4, -0.2) is 37.1 Å². The van der Waals surface area contributed by atoms with E-state index in [9.17, 15) is 9.59 Å². The lowest BCUT2D eigenvalue weighted by molar-refractivity contribution is -0.113.